The SMILES string of the molecule is CC(C=O)=Cc1cc(F)c(F)c(F)c1. The van der Waals surface area contributed by atoms with E-state index >= 15 is 0 Å². The Morgan fingerprint density at radius 1 is 1.21 bits per heavy atom. The Morgan fingerprint density at radius 3 is 2.14 bits per heavy atom. The van der Waals surface area contributed by atoms with Crippen LogP contribution in [0, 0.1) is 17.5 Å². The smallest absolute Gasteiger partial charge is 0.194 e. The van der Waals surface area contributed by atoms with Gasteiger partial charge in [0.05, 0.1) is 0 Å². The van der Waals surface area contributed by atoms with E-state index in [1.54, 1.807) is 0 Å². The minimum absolute atomic E-state index is 0.117. The molecule has 0 atom stereocenters. The molecule has 0 heterocycles. The van der Waals surface area contributed by atoms with Gasteiger partial charge in [0.2, 0.25) is 0 Å². The summed E-state index contributed by atoms with van der Waals surface area (Å²) in [5, 5.41) is 0. The molecule has 4 heteroatoms. The van der Waals surface area contributed by atoms with Gasteiger partial charge in [-0.25, -0.2) is 13.2 Å². The molecule has 0 bridgehead atoms. The van der Waals surface area contributed by atoms with Crippen LogP contribution in [-0.4, -0.2) is 6.29 Å². The predicted octanol–water partition coefficient (Wildman–Crippen LogP) is 2.71. The Morgan fingerprint density at radius 2 is 1.71 bits per heavy atom. The van der Waals surface area contributed by atoms with E-state index in [1.165, 1.54) is 13.0 Å². The van der Waals surface area contributed by atoms with E-state index in [1.807, 2.05) is 0 Å². The summed E-state index contributed by atoms with van der Waals surface area (Å²) in [5.74, 6) is -4.05. The van der Waals surface area contributed by atoms with Crippen molar-refractivity contribution in [1.82, 2.24) is 0 Å². The maximum Gasteiger partial charge on any atom is 0.194 e. The lowest BCUT2D eigenvalue weighted by molar-refractivity contribution is -0.104. The van der Waals surface area contributed by atoms with Crippen LogP contribution in [0.25, 0.3) is 6.08 Å². The van der Waals surface area contributed by atoms with Crippen molar-refractivity contribution in [1.29, 1.82) is 0 Å². The van der Waals surface area contributed by atoms with Crippen molar-refractivity contribution in [2.45, 2.75) is 6.92 Å². The van der Waals surface area contributed by atoms with Crippen molar-refractivity contribution in [2.24, 2.45) is 0 Å². The first-order valence-corrected chi connectivity index (χ1v) is 3.82. The Balaban J connectivity index is 3.19. The van der Waals surface area contributed by atoms with Crippen molar-refractivity contribution >= 4 is 12.4 Å². The molecule has 0 saturated carbocycles. The number of allylic oxidation sites excluding steroid dienone is 1. The highest BCUT2D eigenvalue weighted by molar-refractivity contribution is 5.80. The Kier molecular flexibility index (Phi) is 3.06. The molecule has 0 saturated heterocycles. The van der Waals surface area contributed by atoms with Crippen molar-refractivity contribution in [3.8, 4) is 0 Å². The molecule has 0 amide bonds. The summed E-state index contributed by atoms with van der Waals surface area (Å²) in [4.78, 5) is 10.2. The molecule has 1 nitrogen and oxygen atoms in total. The van der Waals surface area contributed by atoms with Gasteiger partial charge < -0.3 is 0 Å². The van der Waals surface area contributed by atoms with Gasteiger partial charge in [0.15, 0.2) is 17.5 Å². The number of halogens is 3. The van der Waals surface area contributed by atoms with Crippen LogP contribution in [0.15, 0.2) is 17.7 Å². The van der Waals surface area contributed by atoms with Crippen LogP contribution >= 0.6 is 0 Å². The average molecular weight is 200 g/mol. The Labute approximate surface area is 78.9 Å². The van der Waals surface area contributed by atoms with Crippen molar-refractivity contribution in [3.05, 3.63) is 40.7 Å². The fourth-order valence-corrected chi connectivity index (χ4v) is 0.955. The van der Waals surface area contributed by atoms with Crippen molar-refractivity contribution in [2.75, 3.05) is 0 Å². The minimum atomic E-state index is -1.51. The normalized spacial score (nSPS) is 11.6. The average Bonchev–Trinajstić information content (AvgIpc) is 2.14. The molecule has 0 aliphatic carbocycles. The quantitative estimate of drug-likeness (QED) is 0.407. The number of benzene rings is 1. The first kappa shape index (κ1) is 10.5. The van der Waals surface area contributed by atoms with E-state index in [0.717, 1.165) is 12.1 Å². The van der Waals surface area contributed by atoms with Crippen molar-refractivity contribution < 1.29 is 18.0 Å². The number of rotatable bonds is 2. The minimum Gasteiger partial charge on any atom is -0.298 e. The van der Waals surface area contributed by atoms with Crippen LogP contribution in [0.2, 0.25) is 0 Å². The zero-order valence-electron chi connectivity index (χ0n) is 7.35. The summed E-state index contributed by atoms with van der Waals surface area (Å²) in [6.45, 7) is 1.48. The molecule has 0 N–H and O–H groups in total. The lowest BCUT2D eigenvalue weighted by Gasteiger charge is -1.98. The predicted molar refractivity (Wildman–Crippen MR) is 46.0 cm³/mol. The molecule has 0 aliphatic heterocycles. The third kappa shape index (κ3) is 2.22. The zero-order chi connectivity index (χ0) is 10.7. The summed E-state index contributed by atoms with van der Waals surface area (Å²) >= 11 is 0. The number of aldehydes is 1. The first-order chi connectivity index (χ1) is 6.54. The first-order valence-electron chi connectivity index (χ1n) is 3.82. The molecule has 14 heavy (non-hydrogen) atoms. The van der Waals surface area contributed by atoms with Crippen LogP contribution in [0.4, 0.5) is 13.2 Å². The van der Waals surface area contributed by atoms with Crippen molar-refractivity contribution in [3.63, 3.8) is 0 Å². The molecule has 74 valence electrons. The summed E-state index contributed by atoms with van der Waals surface area (Å²) in [6.07, 6.45) is 1.80. The summed E-state index contributed by atoms with van der Waals surface area (Å²) in [5.41, 5.74) is 0.418. The molecule has 0 fully saturated rings. The highest BCUT2D eigenvalue weighted by atomic mass is 19.2. The molecule has 0 aromatic heterocycles. The topological polar surface area (TPSA) is 17.1 Å². The zero-order valence-corrected chi connectivity index (χ0v) is 7.35. The largest absolute Gasteiger partial charge is 0.298 e. The second-order valence-electron chi connectivity index (χ2n) is 2.80. The summed E-state index contributed by atoms with van der Waals surface area (Å²) in [7, 11) is 0. The molecule has 0 unspecified atom stereocenters. The fourth-order valence-electron chi connectivity index (χ4n) is 0.955. The van der Waals surface area contributed by atoms with Crippen LogP contribution in [-0.2, 0) is 4.79 Å². The molecule has 1 aromatic rings. The fraction of sp³-hybridized carbons (Fsp3) is 0.100. The van der Waals surface area contributed by atoms with Gasteiger partial charge in [-0.2, -0.15) is 0 Å². The van der Waals surface area contributed by atoms with Gasteiger partial charge in [0.1, 0.15) is 6.29 Å². The Hall–Kier alpha value is -1.58. The standard InChI is InChI=1S/C10H7F3O/c1-6(5-14)2-7-3-8(11)10(13)9(12)4-7/h2-5H,1H3. The van der Waals surface area contributed by atoms with Gasteiger partial charge in [0.25, 0.3) is 0 Å². The molecule has 0 spiro atoms. The molecule has 1 aromatic carbocycles. The molecular weight excluding hydrogens is 193 g/mol. The summed E-state index contributed by atoms with van der Waals surface area (Å²) in [6, 6.07) is 1.65. The maximum atomic E-state index is 12.7. The molecule has 0 radical (unpaired) electrons. The Bertz CT molecular complexity index is 373. The van der Waals surface area contributed by atoms with E-state index in [4.69, 9.17) is 0 Å². The summed E-state index contributed by atoms with van der Waals surface area (Å²) < 4.78 is 37.8. The van der Waals surface area contributed by atoms with Crippen LogP contribution in [0.1, 0.15) is 12.5 Å². The monoisotopic (exact) mass is 200 g/mol. The van der Waals surface area contributed by atoms with Crippen LogP contribution in [0.3, 0.4) is 0 Å². The van der Waals surface area contributed by atoms with Crippen LogP contribution in [0.5, 0.6) is 0 Å². The van der Waals surface area contributed by atoms with E-state index in [0.29, 0.717) is 11.9 Å². The molecule has 0 aliphatic rings. The van der Waals surface area contributed by atoms with Gasteiger partial charge in [-0.05, 0) is 36.3 Å². The molecule has 1 rings (SSSR count). The second kappa shape index (κ2) is 4.09. The lowest BCUT2D eigenvalue weighted by Crippen LogP contribution is -1.91. The highest BCUT2D eigenvalue weighted by Crippen LogP contribution is 2.15. The van der Waals surface area contributed by atoms with Crippen LogP contribution < -0.4 is 0 Å². The van der Waals surface area contributed by atoms with E-state index in [2.05, 4.69) is 0 Å². The number of carbonyl (C=O) groups excluding carboxylic acids is 1. The number of carbonyl (C=O) groups is 1. The van der Waals surface area contributed by atoms with E-state index < -0.39 is 17.5 Å². The van der Waals surface area contributed by atoms with Gasteiger partial charge in [0, 0.05) is 0 Å². The third-order valence-electron chi connectivity index (χ3n) is 1.59. The second-order valence-corrected chi connectivity index (χ2v) is 2.80. The molecular formula is C10H7F3O. The number of hydrogen-bond acceptors (Lipinski definition) is 1. The van der Waals surface area contributed by atoms with E-state index in [9.17, 15) is 18.0 Å². The maximum absolute atomic E-state index is 12.7. The van der Waals surface area contributed by atoms with Gasteiger partial charge in [-0.3, -0.25) is 4.79 Å². The van der Waals surface area contributed by atoms with Gasteiger partial charge >= 0.3 is 0 Å². The lowest BCUT2D eigenvalue weighted by atomic mass is 10.1. The number of hydrogen-bond donors (Lipinski definition) is 0. The van der Waals surface area contributed by atoms with Gasteiger partial charge in [-0.15, -0.1) is 0 Å². The van der Waals surface area contributed by atoms with Gasteiger partial charge in [-0.1, -0.05) is 0 Å². The highest BCUT2D eigenvalue weighted by Gasteiger charge is 2.09. The van der Waals surface area contributed by atoms with E-state index in [-0.39, 0.29) is 5.56 Å². The third-order valence-corrected chi connectivity index (χ3v) is 1.59.